The second kappa shape index (κ2) is 5.54. The molecule has 0 spiro atoms. The molecular weight excluding hydrogens is 259 g/mol. The Balaban J connectivity index is 2.21. The van der Waals surface area contributed by atoms with E-state index in [4.69, 9.17) is 27.6 Å². The van der Waals surface area contributed by atoms with Gasteiger partial charge in [0, 0.05) is 5.56 Å². The first-order valence-electron chi connectivity index (χ1n) is 5.31. The molecule has 1 aromatic heterocycles. The monoisotopic (exact) mass is 270 g/mol. The summed E-state index contributed by atoms with van der Waals surface area (Å²) in [7, 11) is 0. The molecule has 0 bridgehead atoms. The Hall–Kier alpha value is -1.03. The standard InChI is InChI=1S/C12H12Cl2N2O/c1-2-15-7-12-16-6-11(17-12)8-3-4-9(13)10(14)5-8/h3-6,15H,2,7H2,1H3. The molecule has 1 heterocycles. The maximum Gasteiger partial charge on any atom is 0.208 e. The van der Waals surface area contributed by atoms with Gasteiger partial charge in [-0.3, -0.25) is 0 Å². The Morgan fingerprint density at radius 2 is 2.12 bits per heavy atom. The van der Waals surface area contributed by atoms with Crippen molar-refractivity contribution in [3.8, 4) is 11.3 Å². The van der Waals surface area contributed by atoms with E-state index in [-0.39, 0.29) is 0 Å². The van der Waals surface area contributed by atoms with E-state index >= 15 is 0 Å². The average molecular weight is 271 g/mol. The largest absolute Gasteiger partial charge is 0.439 e. The molecule has 2 aromatic rings. The highest BCUT2D eigenvalue weighted by molar-refractivity contribution is 6.42. The average Bonchev–Trinajstić information content (AvgIpc) is 2.79. The third kappa shape index (κ3) is 3.00. The fourth-order valence-corrected chi connectivity index (χ4v) is 1.70. The smallest absolute Gasteiger partial charge is 0.208 e. The Morgan fingerprint density at radius 3 is 2.82 bits per heavy atom. The second-order valence-corrected chi connectivity index (χ2v) is 4.34. The predicted octanol–water partition coefficient (Wildman–Crippen LogP) is 3.76. The zero-order valence-corrected chi connectivity index (χ0v) is 10.8. The molecule has 1 aromatic carbocycles. The molecule has 2 rings (SSSR count). The molecule has 0 radical (unpaired) electrons. The minimum absolute atomic E-state index is 0.508. The van der Waals surface area contributed by atoms with Gasteiger partial charge in [-0.2, -0.15) is 0 Å². The summed E-state index contributed by atoms with van der Waals surface area (Å²) in [5.74, 6) is 1.35. The summed E-state index contributed by atoms with van der Waals surface area (Å²) in [6, 6.07) is 5.36. The van der Waals surface area contributed by atoms with Gasteiger partial charge in [0.15, 0.2) is 5.76 Å². The van der Waals surface area contributed by atoms with Crippen LogP contribution in [-0.2, 0) is 6.54 Å². The molecule has 0 amide bonds. The lowest BCUT2D eigenvalue weighted by atomic mass is 10.2. The van der Waals surface area contributed by atoms with E-state index in [1.54, 1.807) is 18.3 Å². The molecule has 3 nitrogen and oxygen atoms in total. The fraction of sp³-hybridized carbons (Fsp3) is 0.250. The van der Waals surface area contributed by atoms with E-state index in [0.29, 0.717) is 28.2 Å². The topological polar surface area (TPSA) is 38.1 Å². The number of halogens is 2. The molecule has 1 N–H and O–H groups in total. The van der Waals surface area contributed by atoms with Gasteiger partial charge in [0.2, 0.25) is 5.89 Å². The third-order valence-electron chi connectivity index (χ3n) is 2.28. The lowest BCUT2D eigenvalue weighted by molar-refractivity contribution is 0.482. The number of aromatic nitrogens is 1. The summed E-state index contributed by atoms with van der Waals surface area (Å²) in [6.07, 6.45) is 1.69. The van der Waals surface area contributed by atoms with Gasteiger partial charge in [0.1, 0.15) is 0 Å². The van der Waals surface area contributed by atoms with Crippen LogP contribution < -0.4 is 5.32 Å². The Morgan fingerprint density at radius 1 is 1.29 bits per heavy atom. The SMILES string of the molecule is CCNCc1ncc(-c2ccc(Cl)c(Cl)c2)o1. The fourth-order valence-electron chi connectivity index (χ4n) is 1.41. The number of hydrogen-bond acceptors (Lipinski definition) is 3. The molecule has 0 fully saturated rings. The quantitative estimate of drug-likeness (QED) is 0.920. The molecule has 0 aliphatic carbocycles. The lowest BCUT2D eigenvalue weighted by Crippen LogP contribution is -2.11. The summed E-state index contributed by atoms with van der Waals surface area (Å²) in [5.41, 5.74) is 0.870. The summed E-state index contributed by atoms with van der Waals surface area (Å²) in [5, 5.41) is 4.18. The predicted molar refractivity (Wildman–Crippen MR) is 69.3 cm³/mol. The van der Waals surface area contributed by atoms with Crippen LogP contribution in [0.4, 0.5) is 0 Å². The molecular formula is C12H12Cl2N2O. The Kier molecular flexibility index (Phi) is 4.05. The first-order valence-corrected chi connectivity index (χ1v) is 6.07. The highest BCUT2D eigenvalue weighted by Crippen LogP contribution is 2.28. The lowest BCUT2D eigenvalue weighted by Gasteiger charge is -1.99. The van der Waals surface area contributed by atoms with Gasteiger partial charge in [0.05, 0.1) is 22.8 Å². The van der Waals surface area contributed by atoms with E-state index < -0.39 is 0 Å². The van der Waals surface area contributed by atoms with Crippen molar-refractivity contribution >= 4 is 23.2 Å². The summed E-state index contributed by atoms with van der Waals surface area (Å²) >= 11 is 11.8. The van der Waals surface area contributed by atoms with Crippen LogP contribution in [0.5, 0.6) is 0 Å². The highest BCUT2D eigenvalue weighted by atomic mass is 35.5. The van der Waals surface area contributed by atoms with Gasteiger partial charge < -0.3 is 9.73 Å². The highest BCUT2D eigenvalue weighted by Gasteiger charge is 2.07. The van der Waals surface area contributed by atoms with Gasteiger partial charge in [-0.25, -0.2) is 4.98 Å². The molecule has 0 saturated carbocycles. The number of hydrogen-bond donors (Lipinski definition) is 1. The Bertz CT molecular complexity index is 511. The van der Waals surface area contributed by atoms with E-state index in [2.05, 4.69) is 10.3 Å². The first kappa shape index (κ1) is 12.4. The number of nitrogens with one attached hydrogen (secondary N) is 1. The van der Waals surface area contributed by atoms with Crippen LogP contribution >= 0.6 is 23.2 Å². The molecule has 0 aliphatic rings. The summed E-state index contributed by atoms with van der Waals surface area (Å²) in [4.78, 5) is 4.18. The minimum Gasteiger partial charge on any atom is -0.439 e. The van der Waals surface area contributed by atoms with Crippen LogP contribution in [0.3, 0.4) is 0 Å². The van der Waals surface area contributed by atoms with Crippen molar-refractivity contribution in [3.63, 3.8) is 0 Å². The van der Waals surface area contributed by atoms with Gasteiger partial charge >= 0.3 is 0 Å². The van der Waals surface area contributed by atoms with Crippen molar-refractivity contribution < 1.29 is 4.42 Å². The molecule has 0 saturated heterocycles. The number of rotatable bonds is 4. The van der Waals surface area contributed by atoms with Crippen LogP contribution in [-0.4, -0.2) is 11.5 Å². The van der Waals surface area contributed by atoms with E-state index in [1.807, 2.05) is 13.0 Å². The van der Waals surface area contributed by atoms with Crippen molar-refractivity contribution in [2.45, 2.75) is 13.5 Å². The van der Waals surface area contributed by atoms with E-state index in [1.165, 1.54) is 0 Å². The van der Waals surface area contributed by atoms with Crippen LogP contribution in [0.1, 0.15) is 12.8 Å². The van der Waals surface area contributed by atoms with Crippen LogP contribution in [0.2, 0.25) is 10.0 Å². The molecule has 17 heavy (non-hydrogen) atoms. The zero-order valence-electron chi connectivity index (χ0n) is 9.34. The number of benzene rings is 1. The van der Waals surface area contributed by atoms with Gasteiger partial charge in [0.25, 0.3) is 0 Å². The second-order valence-electron chi connectivity index (χ2n) is 3.53. The van der Waals surface area contributed by atoms with Gasteiger partial charge in [-0.05, 0) is 24.7 Å². The molecule has 0 atom stereocenters. The molecule has 90 valence electrons. The molecule has 0 unspecified atom stereocenters. The van der Waals surface area contributed by atoms with Crippen LogP contribution in [0.25, 0.3) is 11.3 Å². The van der Waals surface area contributed by atoms with Crippen LogP contribution in [0.15, 0.2) is 28.8 Å². The maximum atomic E-state index is 5.95. The van der Waals surface area contributed by atoms with E-state index in [9.17, 15) is 0 Å². The zero-order chi connectivity index (χ0) is 12.3. The molecule has 5 heteroatoms. The van der Waals surface area contributed by atoms with Crippen molar-refractivity contribution in [1.29, 1.82) is 0 Å². The van der Waals surface area contributed by atoms with Crippen molar-refractivity contribution in [1.82, 2.24) is 10.3 Å². The number of nitrogens with zero attached hydrogens (tertiary/aromatic N) is 1. The normalized spacial score (nSPS) is 10.8. The molecule has 0 aliphatic heterocycles. The summed E-state index contributed by atoms with van der Waals surface area (Å²) < 4.78 is 5.59. The maximum absolute atomic E-state index is 5.95. The Labute approximate surface area is 110 Å². The van der Waals surface area contributed by atoms with Crippen molar-refractivity contribution in [3.05, 3.63) is 40.3 Å². The van der Waals surface area contributed by atoms with Crippen LogP contribution in [0, 0.1) is 0 Å². The first-order chi connectivity index (χ1) is 8.20. The van der Waals surface area contributed by atoms with Gasteiger partial charge in [-0.1, -0.05) is 30.1 Å². The summed E-state index contributed by atoms with van der Waals surface area (Å²) in [6.45, 7) is 3.53. The van der Waals surface area contributed by atoms with Gasteiger partial charge in [-0.15, -0.1) is 0 Å². The third-order valence-corrected chi connectivity index (χ3v) is 3.02. The van der Waals surface area contributed by atoms with Crippen molar-refractivity contribution in [2.24, 2.45) is 0 Å². The van der Waals surface area contributed by atoms with Crippen molar-refractivity contribution in [2.75, 3.05) is 6.54 Å². The van der Waals surface area contributed by atoms with E-state index in [0.717, 1.165) is 12.1 Å². The number of oxazole rings is 1. The minimum atomic E-state index is 0.508.